The van der Waals surface area contributed by atoms with Crippen molar-refractivity contribution in [1.82, 2.24) is 5.32 Å². The highest BCUT2D eigenvalue weighted by Crippen LogP contribution is 2.16. The number of benzene rings is 1. The van der Waals surface area contributed by atoms with E-state index < -0.39 is 0 Å². The highest BCUT2D eigenvalue weighted by Gasteiger charge is 2.05. The first-order chi connectivity index (χ1) is 12.7. The summed E-state index contributed by atoms with van der Waals surface area (Å²) in [5.41, 5.74) is 9.09. The molecule has 0 saturated heterocycles. The van der Waals surface area contributed by atoms with Crippen molar-refractivity contribution in [3.05, 3.63) is 46.6 Å². The number of thioether (sulfide) groups is 1. The van der Waals surface area contributed by atoms with Crippen LogP contribution in [0.2, 0.25) is 0 Å². The molecule has 0 bridgehead atoms. The molecule has 1 rings (SSSR count). The molecule has 0 aliphatic rings. The van der Waals surface area contributed by atoms with Crippen molar-refractivity contribution in [3.63, 3.8) is 0 Å². The minimum absolute atomic E-state index is 0.185. The summed E-state index contributed by atoms with van der Waals surface area (Å²) < 4.78 is 0. The van der Waals surface area contributed by atoms with Gasteiger partial charge in [-0.05, 0) is 43.5 Å². The molecule has 3 nitrogen and oxygen atoms in total. The van der Waals surface area contributed by atoms with Crippen molar-refractivity contribution in [3.8, 4) is 0 Å². The van der Waals surface area contributed by atoms with Gasteiger partial charge in [0, 0.05) is 18.8 Å². The average molecular weight is 376 g/mol. The third-order valence-corrected chi connectivity index (χ3v) is 5.77. The van der Waals surface area contributed by atoms with Crippen LogP contribution < -0.4 is 11.1 Å². The molecule has 0 fully saturated rings. The van der Waals surface area contributed by atoms with Crippen molar-refractivity contribution < 1.29 is 0 Å². The van der Waals surface area contributed by atoms with E-state index in [1.165, 1.54) is 56.1 Å². The molecule has 1 atom stereocenters. The van der Waals surface area contributed by atoms with Crippen LogP contribution in [0.25, 0.3) is 0 Å². The van der Waals surface area contributed by atoms with Crippen LogP contribution in [-0.2, 0) is 12.8 Å². The molecule has 0 amide bonds. The zero-order valence-electron chi connectivity index (χ0n) is 16.7. The Bertz CT molecular complexity index is 511. The first-order valence-corrected chi connectivity index (χ1v) is 11.0. The Hall–Kier alpha value is -1.26. The molecule has 1 aromatic rings. The molecule has 0 radical (unpaired) electrons. The number of hydrogen-bond acceptors (Lipinski definition) is 4. The molecule has 0 saturated carbocycles. The molecule has 1 unspecified atom stereocenters. The van der Waals surface area contributed by atoms with Crippen LogP contribution in [-0.4, -0.2) is 25.6 Å². The Labute approximate surface area is 164 Å². The lowest BCUT2D eigenvalue weighted by Gasteiger charge is -2.12. The van der Waals surface area contributed by atoms with Crippen LogP contribution in [0, 0.1) is 0 Å². The van der Waals surface area contributed by atoms with E-state index in [0.717, 1.165) is 23.6 Å². The summed E-state index contributed by atoms with van der Waals surface area (Å²) in [7, 11) is 1.89. The van der Waals surface area contributed by atoms with E-state index in [-0.39, 0.29) is 6.04 Å². The number of nitrogens with two attached hydrogens (primary N) is 1. The molecular weight excluding hydrogens is 338 g/mol. The van der Waals surface area contributed by atoms with Crippen molar-refractivity contribution in [2.45, 2.75) is 70.8 Å². The minimum Gasteiger partial charge on any atom is -0.382 e. The van der Waals surface area contributed by atoms with Gasteiger partial charge in [-0.15, -0.1) is 11.8 Å². The number of hydrogen-bond donors (Lipinski definition) is 2. The van der Waals surface area contributed by atoms with Gasteiger partial charge in [0.1, 0.15) is 0 Å². The predicted molar refractivity (Wildman–Crippen MR) is 119 cm³/mol. The van der Waals surface area contributed by atoms with Gasteiger partial charge in [-0.3, -0.25) is 4.99 Å². The average Bonchev–Trinajstić information content (AvgIpc) is 2.67. The molecule has 4 heteroatoms. The molecule has 0 aromatic heterocycles. The minimum atomic E-state index is 0.185. The number of rotatable bonds is 15. The van der Waals surface area contributed by atoms with Gasteiger partial charge in [0.05, 0.1) is 11.2 Å². The molecule has 26 heavy (non-hydrogen) atoms. The predicted octanol–water partition coefficient (Wildman–Crippen LogP) is 5.30. The van der Waals surface area contributed by atoms with Gasteiger partial charge in [-0.2, -0.15) is 0 Å². The van der Waals surface area contributed by atoms with E-state index in [1.807, 2.05) is 7.05 Å². The SMILES string of the molecule is C=N/C=C(\NC)SCC(N)CCc1ccc(CCCCCCCC)cc1. The molecule has 146 valence electrons. The van der Waals surface area contributed by atoms with Gasteiger partial charge >= 0.3 is 0 Å². The fourth-order valence-electron chi connectivity index (χ4n) is 2.87. The largest absolute Gasteiger partial charge is 0.382 e. The monoisotopic (exact) mass is 375 g/mol. The lowest BCUT2D eigenvalue weighted by Crippen LogP contribution is -2.24. The number of unbranched alkanes of at least 4 members (excludes halogenated alkanes) is 5. The summed E-state index contributed by atoms with van der Waals surface area (Å²) in [5.74, 6) is 0.887. The maximum Gasteiger partial charge on any atom is 0.0865 e. The molecule has 1 aromatic carbocycles. The lowest BCUT2D eigenvalue weighted by molar-refractivity contribution is 0.607. The zero-order chi connectivity index (χ0) is 19.0. The third kappa shape index (κ3) is 10.7. The van der Waals surface area contributed by atoms with Gasteiger partial charge in [0.25, 0.3) is 0 Å². The smallest absolute Gasteiger partial charge is 0.0865 e. The summed E-state index contributed by atoms with van der Waals surface area (Å²) in [4.78, 5) is 3.79. The van der Waals surface area contributed by atoms with Gasteiger partial charge in [0.15, 0.2) is 0 Å². The van der Waals surface area contributed by atoms with Gasteiger partial charge in [-0.25, -0.2) is 0 Å². The second kappa shape index (κ2) is 14.9. The van der Waals surface area contributed by atoms with Gasteiger partial charge < -0.3 is 11.1 Å². The first kappa shape index (κ1) is 22.8. The van der Waals surface area contributed by atoms with Crippen LogP contribution >= 0.6 is 11.8 Å². The summed E-state index contributed by atoms with van der Waals surface area (Å²) in [5, 5.41) is 4.11. The summed E-state index contributed by atoms with van der Waals surface area (Å²) >= 11 is 1.70. The van der Waals surface area contributed by atoms with E-state index in [1.54, 1.807) is 18.0 Å². The normalized spacial score (nSPS) is 12.8. The van der Waals surface area contributed by atoms with Crippen LogP contribution in [0.5, 0.6) is 0 Å². The van der Waals surface area contributed by atoms with E-state index in [9.17, 15) is 0 Å². The zero-order valence-corrected chi connectivity index (χ0v) is 17.5. The van der Waals surface area contributed by atoms with Crippen molar-refractivity contribution in [1.29, 1.82) is 0 Å². The van der Waals surface area contributed by atoms with Crippen LogP contribution in [0.1, 0.15) is 63.0 Å². The molecule has 0 spiro atoms. The summed E-state index contributed by atoms with van der Waals surface area (Å²) in [6, 6.07) is 9.31. The number of nitrogens with zero attached hydrogens (tertiary/aromatic N) is 1. The molecule has 3 N–H and O–H groups in total. The Morgan fingerprint density at radius 2 is 1.73 bits per heavy atom. The van der Waals surface area contributed by atoms with Crippen molar-refractivity contribution in [2.75, 3.05) is 12.8 Å². The van der Waals surface area contributed by atoms with Crippen molar-refractivity contribution >= 4 is 18.5 Å². The topological polar surface area (TPSA) is 50.4 Å². The van der Waals surface area contributed by atoms with Gasteiger partial charge in [-0.1, -0.05) is 63.3 Å². The fourth-order valence-corrected chi connectivity index (χ4v) is 3.72. The number of aliphatic imine (C=N–C) groups is 1. The Morgan fingerprint density at radius 3 is 2.35 bits per heavy atom. The van der Waals surface area contributed by atoms with E-state index in [4.69, 9.17) is 5.73 Å². The Morgan fingerprint density at radius 1 is 1.12 bits per heavy atom. The molecular formula is C22H37N3S. The van der Waals surface area contributed by atoms with Crippen LogP contribution in [0.3, 0.4) is 0 Å². The highest BCUT2D eigenvalue weighted by atomic mass is 32.2. The van der Waals surface area contributed by atoms with Crippen LogP contribution in [0.4, 0.5) is 0 Å². The standard InChI is InChI=1S/C22H37N3S/c1-4-5-6-7-8-9-10-19-11-13-20(14-12-19)15-16-21(23)18-26-22(25-3)17-24-2/h11-14,17,21,25H,2,4-10,15-16,18,23H2,1,3H3/b22-17+. The van der Waals surface area contributed by atoms with E-state index in [2.05, 4.69) is 48.2 Å². The highest BCUT2D eigenvalue weighted by molar-refractivity contribution is 8.03. The maximum atomic E-state index is 6.24. The van der Waals surface area contributed by atoms with E-state index in [0.29, 0.717) is 0 Å². The third-order valence-electron chi connectivity index (χ3n) is 4.55. The summed E-state index contributed by atoms with van der Waals surface area (Å²) in [6.45, 7) is 5.75. The molecule has 0 heterocycles. The Balaban J connectivity index is 2.23. The second-order valence-corrected chi connectivity index (χ2v) is 7.93. The number of nitrogens with one attached hydrogen (secondary N) is 1. The Kier molecular flexibility index (Phi) is 13.0. The number of aryl methyl sites for hydroxylation is 2. The first-order valence-electron chi connectivity index (χ1n) is 9.99. The summed E-state index contributed by atoms with van der Waals surface area (Å²) in [6.07, 6.45) is 13.1. The van der Waals surface area contributed by atoms with Gasteiger partial charge in [0.2, 0.25) is 0 Å². The molecule has 0 aliphatic carbocycles. The quantitative estimate of drug-likeness (QED) is 0.323. The molecule has 0 aliphatic heterocycles. The lowest BCUT2D eigenvalue weighted by atomic mass is 10.0. The van der Waals surface area contributed by atoms with E-state index >= 15 is 0 Å². The second-order valence-electron chi connectivity index (χ2n) is 6.87. The van der Waals surface area contributed by atoms with Crippen LogP contribution in [0.15, 0.2) is 40.5 Å². The maximum absolute atomic E-state index is 6.24. The fraction of sp³-hybridized carbons (Fsp3) is 0.591. The van der Waals surface area contributed by atoms with Crippen molar-refractivity contribution in [2.24, 2.45) is 10.7 Å².